The van der Waals surface area contributed by atoms with Crippen molar-refractivity contribution in [1.29, 1.82) is 0 Å². The van der Waals surface area contributed by atoms with Gasteiger partial charge in [0, 0.05) is 18.8 Å². The van der Waals surface area contributed by atoms with E-state index >= 15 is 0 Å². The summed E-state index contributed by atoms with van der Waals surface area (Å²) in [5.41, 5.74) is 6.87. The molecular weight excluding hydrogens is 302 g/mol. The summed E-state index contributed by atoms with van der Waals surface area (Å²) in [6.45, 7) is 23.8. The molecule has 1 aliphatic heterocycles. The maximum atomic E-state index is 2.65. The van der Waals surface area contributed by atoms with Crippen LogP contribution in [0.3, 0.4) is 0 Å². The predicted molar refractivity (Wildman–Crippen MR) is 113 cm³/mol. The molecule has 1 aromatic carbocycles. The molecule has 1 heteroatoms. The standard InChI is InChI=1S/C24H41N/c1-18-16-19(23(5,6)7)17-20(25-14-10-11-15-25)21(18)24(8,9)13-12-22(2,3)4/h16-17H,10-15H2,1-9H3. The van der Waals surface area contributed by atoms with Gasteiger partial charge < -0.3 is 4.90 Å². The number of hydrogen-bond donors (Lipinski definition) is 0. The van der Waals surface area contributed by atoms with E-state index in [1.54, 1.807) is 5.56 Å². The fourth-order valence-electron chi connectivity index (χ4n) is 4.10. The summed E-state index contributed by atoms with van der Waals surface area (Å²) in [5.74, 6) is 0. The molecule has 1 fully saturated rings. The van der Waals surface area contributed by atoms with E-state index < -0.39 is 0 Å². The number of benzene rings is 1. The molecule has 0 aliphatic carbocycles. The van der Waals surface area contributed by atoms with Gasteiger partial charge in [-0.3, -0.25) is 0 Å². The normalized spacial score (nSPS) is 16.6. The van der Waals surface area contributed by atoms with Crippen LogP contribution < -0.4 is 4.90 Å². The lowest BCUT2D eigenvalue weighted by molar-refractivity contribution is 0.314. The maximum Gasteiger partial charge on any atom is 0.0409 e. The first-order chi connectivity index (χ1) is 11.3. The van der Waals surface area contributed by atoms with Crippen LogP contribution >= 0.6 is 0 Å². The molecule has 0 amide bonds. The van der Waals surface area contributed by atoms with Crippen molar-refractivity contribution in [3.63, 3.8) is 0 Å². The Balaban J connectivity index is 2.51. The van der Waals surface area contributed by atoms with Gasteiger partial charge in [0.15, 0.2) is 0 Å². The highest BCUT2D eigenvalue weighted by Gasteiger charge is 2.31. The SMILES string of the molecule is Cc1cc(C(C)(C)C)cc(N2CCCC2)c1C(C)(C)CCC(C)(C)C. The second kappa shape index (κ2) is 6.97. The van der Waals surface area contributed by atoms with Crippen LogP contribution in [0.15, 0.2) is 12.1 Å². The van der Waals surface area contributed by atoms with Crippen molar-refractivity contribution in [2.24, 2.45) is 5.41 Å². The molecule has 1 heterocycles. The lowest BCUT2D eigenvalue weighted by Gasteiger charge is -2.36. The monoisotopic (exact) mass is 343 g/mol. The van der Waals surface area contributed by atoms with Crippen LogP contribution in [0.5, 0.6) is 0 Å². The second-order valence-corrected chi connectivity index (χ2v) is 11.1. The van der Waals surface area contributed by atoms with E-state index in [0.717, 1.165) is 0 Å². The van der Waals surface area contributed by atoms with Crippen LogP contribution in [0, 0.1) is 12.3 Å². The Morgan fingerprint density at radius 1 is 0.840 bits per heavy atom. The summed E-state index contributed by atoms with van der Waals surface area (Å²) in [7, 11) is 0. The Morgan fingerprint density at radius 3 is 1.88 bits per heavy atom. The van der Waals surface area contributed by atoms with E-state index in [1.807, 2.05) is 0 Å². The Hall–Kier alpha value is -0.980. The minimum atomic E-state index is 0.202. The molecule has 0 bridgehead atoms. The molecule has 0 saturated carbocycles. The molecule has 0 unspecified atom stereocenters. The number of nitrogens with zero attached hydrogens (tertiary/aromatic N) is 1. The summed E-state index contributed by atoms with van der Waals surface area (Å²) in [6.07, 6.45) is 5.17. The van der Waals surface area contributed by atoms with Crippen molar-refractivity contribution in [3.8, 4) is 0 Å². The Bertz CT molecular complexity index is 590. The topological polar surface area (TPSA) is 3.24 Å². The molecule has 1 aliphatic rings. The third kappa shape index (κ3) is 5.02. The molecule has 0 radical (unpaired) electrons. The molecule has 1 saturated heterocycles. The maximum absolute atomic E-state index is 2.65. The van der Waals surface area contributed by atoms with E-state index in [1.165, 1.54) is 55.6 Å². The number of hydrogen-bond acceptors (Lipinski definition) is 1. The quantitative estimate of drug-likeness (QED) is 0.569. The van der Waals surface area contributed by atoms with E-state index in [-0.39, 0.29) is 10.8 Å². The first-order valence-electron chi connectivity index (χ1n) is 10.2. The Labute approximate surface area is 157 Å². The largest absolute Gasteiger partial charge is 0.371 e. The highest BCUT2D eigenvalue weighted by Crippen LogP contribution is 2.43. The minimum Gasteiger partial charge on any atom is -0.371 e. The third-order valence-electron chi connectivity index (χ3n) is 5.80. The van der Waals surface area contributed by atoms with Gasteiger partial charge >= 0.3 is 0 Å². The number of aryl methyl sites for hydroxylation is 1. The van der Waals surface area contributed by atoms with Crippen molar-refractivity contribution in [2.75, 3.05) is 18.0 Å². The van der Waals surface area contributed by atoms with Crippen LogP contribution in [-0.2, 0) is 10.8 Å². The molecule has 0 N–H and O–H groups in total. The van der Waals surface area contributed by atoms with E-state index in [0.29, 0.717) is 5.41 Å². The van der Waals surface area contributed by atoms with E-state index in [4.69, 9.17) is 0 Å². The van der Waals surface area contributed by atoms with Crippen molar-refractivity contribution in [3.05, 3.63) is 28.8 Å². The third-order valence-corrected chi connectivity index (χ3v) is 5.80. The molecule has 1 nitrogen and oxygen atoms in total. The zero-order chi connectivity index (χ0) is 19.0. The van der Waals surface area contributed by atoms with Gasteiger partial charge in [0.1, 0.15) is 0 Å². The zero-order valence-corrected chi connectivity index (χ0v) is 18.3. The van der Waals surface area contributed by atoms with Gasteiger partial charge in [-0.05, 0) is 71.6 Å². The number of anilines is 1. The predicted octanol–water partition coefficient (Wildman–Crippen LogP) is 7.00. The lowest BCUT2D eigenvalue weighted by atomic mass is 9.72. The molecule has 2 rings (SSSR count). The van der Waals surface area contributed by atoms with Crippen molar-refractivity contribution >= 4 is 5.69 Å². The average molecular weight is 344 g/mol. The summed E-state index contributed by atoms with van der Waals surface area (Å²) in [4.78, 5) is 2.65. The summed E-state index contributed by atoms with van der Waals surface area (Å²) in [6, 6.07) is 4.96. The van der Waals surface area contributed by atoms with Crippen molar-refractivity contribution < 1.29 is 0 Å². The smallest absolute Gasteiger partial charge is 0.0409 e. The fraction of sp³-hybridized carbons (Fsp3) is 0.750. The Kier molecular flexibility index (Phi) is 5.67. The van der Waals surface area contributed by atoms with Gasteiger partial charge in [-0.1, -0.05) is 61.5 Å². The number of rotatable bonds is 4. The lowest BCUT2D eigenvalue weighted by Crippen LogP contribution is -2.28. The van der Waals surface area contributed by atoms with E-state index in [2.05, 4.69) is 79.3 Å². The molecular formula is C24H41N. The van der Waals surface area contributed by atoms with Crippen LogP contribution in [-0.4, -0.2) is 13.1 Å². The minimum absolute atomic E-state index is 0.202. The van der Waals surface area contributed by atoms with Crippen LogP contribution in [0.2, 0.25) is 0 Å². The van der Waals surface area contributed by atoms with E-state index in [9.17, 15) is 0 Å². The van der Waals surface area contributed by atoms with Gasteiger partial charge in [-0.15, -0.1) is 0 Å². The van der Waals surface area contributed by atoms with Gasteiger partial charge in [0.05, 0.1) is 0 Å². The van der Waals surface area contributed by atoms with Crippen molar-refractivity contribution in [2.45, 2.75) is 98.8 Å². The van der Waals surface area contributed by atoms with Crippen LogP contribution in [0.25, 0.3) is 0 Å². The molecule has 1 aromatic rings. The molecule has 0 atom stereocenters. The summed E-state index contributed by atoms with van der Waals surface area (Å²) < 4.78 is 0. The van der Waals surface area contributed by atoms with Gasteiger partial charge in [-0.25, -0.2) is 0 Å². The van der Waals surface area contributed by atoms with Gasteiger partial charge in [-0.2, -0.15) is 0 Å². The van der Waals surface area contributed by atoms with Gasteiger partial charge in [0.2, 0.25) is 0 Å². The molecule has 0 aromatic heterocycles. The first-order valence-corrected chi connectivity index (χ1v) is 10.2. The van der Waals surface area contributed by atoms with Crippen LogP contribution in [0.4, 0.5) is 5.69 Å². The summed E-state index contributed by atoms with van der Waals surface area (Å²) in [5, 5.41) is 0. The Morgan fingerprint density at radius 2 is 1.40 bits per heavy atom. The molecule has 0 spiro atoms. The molecule has 142 valence electrons. The second-order valence-electron chi connectivity index (χ2n) is 11.1. The highest BCUT2D eigenvalue weighted by atomic mass is 15.1. The summed E-state index contributed by atoms with van der Waals surface area (Å²) >= 11 is 0. The molecule has 25 heavy (non-hydrogen) atoms. The highest BCUT2D eigenvalue weighted by molar-refractivity contribution is 5.62. The fourth-order valence-corrected chi connectivity index (χ4v) is 4.10. The zero-order valence-electron chi connectivity index (χ0n) is 18.3. The van der Waals surface area contributed by atoms with Crippen molar-refractivity contribution in [1.82, 2.24) is 0 Å². The average Bonchev–Trinajstić information content (AvgIpc) is 2.96. The first kappa shape index (κ1) is 20.3. The van der Waals surface area contributed by atoms with Crippen LogP contribution in [0.1, 0.15) is 97.8 Å². The van der Waals surface area contributed by atoms with Gasteiger partial charge in [0.25, 0.3) is 0 Å².